The van der Waals surface area contributed by atoms with Gasteiger partial charge in [0.2, 0.25) is 0 Å². The first kappa shape index (κ1) is 11.1. The molecule has 0 fully saturated rings. The molecule has 0 radical (unpaired) electrons. The van der Waals surface area contributed by atoms with Crippen LogP contribution in [-0.2, 0) is 0 Å². The number of pyridine rings is 1. The molecule has 3 rings (SSSR count). The lowest BCUT2D eigenvalue weighted by Gasteiger charge is -2.04. The summed E-state index contributed by atoms with van der Waals surface area (Å²) in [6.07, 6.45) is 3.43. The third kappa shape index (κ3) is 1.93. The van der Waals surface area contributed by atoms with E-state index >= 15 is 0 Å². The number of anilines is 1. The van der Waals surface area contributed by atoms with Crippen molar-refractivity contribution in [3.05, 3.63) is 47.2 Å². The van der Waals surface area contributed by atoms with Crippen LogP contribution in [0.4, 0.5) is 5.82 Å². The lowest BCUT2D eigenvalue weighted by molar-refractivity contribution is 1.17. The summed E-state index contributed by atoms with van der Waals surface area (Å²) in [5, 5.41) is 1.06. The number of aromatic nitrogens is 3. The molecular weight excluding hydrogens is 292 g/mol. The molecule has 3 aromatic rings. The molecular formula is C13H9BrN4. The van der Waals surface area contributed by atoms with Crippen LogP contribution in [0.1, 0.15) is 0 Å². The fraction of sp³-hybridized carbons (Fsp3) is 0. The molecule has 1 aromatic carbocycles. The number of halogens is 1. The number of fused-ring (bicyclic) bond motifs is 1. The average Bonchev–Trinajstić information content (AvgIpc) is 2.41. The van der Waals surface area contributed by atoms with Crippen LogP contribution >= 0.6 is 15.9 Å². The van der Waals surface area contributed by atoms with E-state index < -0.39 is 0 Å². The Balaban J connectivity index is 2.16. The van der Waals surface area contributed by atoms with Gasteiger partial charge in [0.25, 0.3) is 0 Å². The zero-order chi connectivity index (χ0) is 12.5. The van der Waals surface area contributed by atoms with Gasteiger partial charge in [-0.1, -0.05) is 6.07 Å². The van der Waals surface area contributed by atoms with Crippen LogP contribution in [0, 0.1) is 0 Å². The van der Waals surface area contributed by atoms with E-state index in [1.54, 1.807) is 12.4 Å². The molecule has 0 atom stereocenters. The minimum atomic E-state index is 0.436. The molecule has 0 aliphatic carbocycles. The van der Waals surface area contributed by atoms with Gasteiger partial charge in [0.1, 0.15) is 5.82 Å². The molecule has 88 valence electrons. The zero-order valence-electron chi connectivity index (χ0n) is 9.34. The number of hydrogen-bond donors (Lipinski definition) is 1. The lowest BCUT2D eigenvalue weighted by Crippen LogP contribution is -1.96. The van der Waals surface area contributed by atoms with Gasteiger partial charge in [-0.2, -0.15) is 0 Å². The summed E-state index contributed by atoms with van der Waals surface area (Å²) in [5.74, 6) is 1.05. The van der Waals surface area contributed by atoms with Gasteiger partial charge in [0.05, 0.1) is 9.99 Å². The average molecular weight is 301 g/mol. The maximum absolute atomic E-state index is 5.76. The summed E-state index contributed by atoms with van der Waals surface area (Å²) in [5.41, 5.74) is 7.64. The van der Waals surface area contributed by atoms with Gasteiger partial charge in [-0.15, -0.1) is 0 Å². The van der Waals surface area contributed by atoms with E-state index in [2.05, 4.69) is 30.9 Å². The van der Waals surface area contributed by atoms with Crippen LogP contribution in [0.5, 0.6) is 0 Å². The van der Waals surface area contributed by atoms with Crippen LogP contribution in [0.15, 0.2) is 47.2 Å². The molecule has 0 bridgehead atoms. The Hall–Kier alpha value is -2.01. The molecule has 0 aliphatic heterocycles. The Morgan fingerprint density at radius 3 is 2.83 bits per heavy atom. The molecule has 0 saturated carbocycles. The highest BCUT2D eigenvalue weighted by Gasteiger charge is 2.05. The molecule has 2 aromatic heterocycles. The first-order chi connectivity index (χ1) is 8.74. The first-order valence-corrected chi connectivity index (χ1v) is 6.16. The van der Waals surface area contributed by atoms with E-state index in [-0.39, 0.29) is 0 Å². The summed E-state index contributed by atoms with van der Waals surface area (Å²) in [7, 11) is 0. The minimum Gasteiger partial charge on any atom is -0.383 e. The van der Waals surface area contributed by atoms with Gasteiger partial charge in [-0.05, 0) is 40.2 Å². The second kappa shape index (κ2) is 4.34. The second-order valence-electron chi connectivity index (χ2n) is 3.84. The van der Waals surface area contributed by atoms with E-state index in [0.717, 1.165) is 16.5 Å². The fourth-order valence-corrected chi connectivity index (χ4v) is 1.93. The Morgan fingerprint density at radius 2 is 2.00 bits per heavy atom. The predicted octanol–water partition coefficient (Wildman–Crippen LogP) is 3.04. The Morgan fingerprint density at radius 1 is 1.11 bits per heavy atom. The quantitative estimate of drug-likeness (QED) is 0.750. The summed E-state index contributed by atoms with van der Waals surface area (Å²) >= 11 is 3.28. The van der Waals surface area contributed by atoms with E-state index in [1.807, 2.05) is 30.3 Å². The fourth-order valence-electron chi connectivity index (χ4n) is 1.73. The smallest absolute Gasteiger partial charge is 0.161 e. The Kier molecular flexibility index (Phi) is 2.68. The third-order valence-electron chi connectivity index (χ3n) is 2.63. The molecule has 2 heterocycles. The number of hydrogen-bond acceptors (Lipinski definition) is 4. The van der Waals surface area contributed by atoms with Gasteiger partial charge >= 0.3 is 0 Å². The SMILES string of the molecule is Nc1nc(-c2ccc3ncccc3c2)ncc1Br. The summed E-state index contributed by atoms with van der Waals surface area (Å²) in [6, 6.07) is 9.81. The van der Waals surface area contributed by atoms with E-state index in [4.69, 9.17) is 5.73 Å². The molecule has 0 aliphatic rings. The minimum absolute atomic E-state index is 0.436. The Labute approximate surface area is 112 Å². The van der Waals surface area contributed by atoms with Gasteiger partial charge in [-0.25, -0.2) is 9.97 Å². The van der Waals surface area contributed by atoms with Gasteiger partial charge in [0.15, 0.2) is 5.82 Å². The monoisotopic (exact) mass is 300 g/mol. The highest BCUT2D eigenvalue weighted by Crippen LogP contribution is 2.23. The van der Waals surface area contributed by atoms with E-state index in [1.165, 1.54) is 0 Å². The zero-order valence-corrected chi connectivity index (χ0v) is 10.9. The Bertz CT molecular complexity index is 727. The number of rotatable bonds is 1. The van der Waals surface area contributed by atoms with Crippen molar-refractivity contribution >= 4 is 32.7 Å². The van der Waals surface area contributed by atoms with Crippen molar-refractivity contribution in [3.8, 4) is 11.4 Å². The third-order valence-corrected chi connectivity index (χ3v) is 3.24. The normalized spacial score (nSPS) is 10.7. The maximum atomic E-state index is 5.76. The number of benzene rings is 1. The van der Waals surface area contributed by atoms with Crippen molar-refractivity contribution < 1.29 is 0 Å². The first-order valence-electron chi connectivity index (χ1n) is 5.37. The van der Waals surface area contributed by atoms with Crippen LogP contribution in [0.3, 0.4) is 0 Å². The van der Waals surface area contributed by atoms with Gasteiger partial charge < -0.3 is 5.73 Å². The van der Waals surface area contributed by atoms with Gasteiger partial charge in [0, 0.05) is 23.3 Å². The number of nitrogens with zero attached hydrogens (tertiary/aromatic N) is 3. The van der Waals surface area contributed by atoms with Crippen molar-refractivity contribution in [2.24, 2.45) is 0 Å². The number of nitrogens with two attached hydrogens (primary N) is 1. The summed E-state index contributed by atoms with van der Waals surface area (Å²) in [4.78, 5) is 12.8. The molecule has 2 N–H and O–H groups in total. The largest absolute Gasteiger partial charge is 0.383 e. The highest BCUT2D eigenvalue weighted by atomic mass is 79.9. The molecule has 4 nitrogen and oxygen atoms in total. The molecule has 0 spiro atoms. The highest BCUT2D eigenvalue weighted by molar-refractivity contribution is 9.10. The lowest BCUT2D eigenvalue weighted by atomic mass is 10.1. The van der Waals surface area contributed by atoms with Crippen molar-refractivity contribution in [2.75, 3.05) is 5.73 Å². The molecule has 0 amide bonds. The van der Waals surface area contributed by atoms with E-state index in [0.29, 0.717) is 16.1 Å². The van der Waals surface area contributed by atoms with Crippen molar-refractivity contribution in [2.45, 2.75) is 0 Å². The standard InChI is InChI=1S/C13H9BrN4/c14-10-7-17-13(18-12(10)15)9-3-4-11-8(6-9)2-1-5-16-11/h1-7H,(H2,15,17,18). The molecule has 5 heteroatoms. The van der Waals surface area contributed by atoms with Crippen molar-refractivity contribution in [1.29, 1.82) is 0 Å². The topological polar surface area (TPSA) is 64.7 Å². The predicted molar refractivity (Wildman–Crippen MR) is 74.9 cm³/mol. The molecule has 0 unspecified atom stereocenters. The van der Waals surface area contributed by atoms with Crippen LogP contribution in [0.2, 0.25) is 0 Å². The molecule has 18 heavy (non-hydrogen) atoms. The van der Waals surface area contributed by atoms with Crippen LogP contribution < -0.4 is 5.73 Å². The summed E-state index contributed by atoms with van der Waals surface area (Å²) < 4.78 is 0.703. The van der Waals surface area contributed by atoms with Crippen molar-refractivity contribution in [1.82, 2.24) is 15.0 Å². The molecule has 0 saturated heterocycles. The van der Waals surface area contributed by atoms with Crippen molar-refractivity contribution in [3.63, 3.8) is 0 Å². The maximum Gasteiger partial charge on any atom is 0.161 e. The van der Waals surface area contributed by atoms with Crippen LogP contribution in [-0.4, -0.2) is 15.0 Å². The second-order valence-corrected chi connectivity index (χ2v) is 4.69. The van der Waals surface area contributed by atoms with Gasteiger partial charge in [-0.3, -0.25) is 4.98 Å². The van der Waals surface area contributed by atoms with E-state index in [9.17, 15) is 0 Å². The summed E-state index contributed by atoms with van der Waals surface area (Å²) in [6.45, 7) is 0. The van der Waals surface area contributed by atoms with Crippen LogP contribution in [0.25, 0.3) is 22.3 Å². The number of nitrogen functional groups attached to an aromatic ring is 1.